The number of carbonyl (C=O) groups excluding carboxylic acids is 1. The molecule has 4 nitrogen and oxygen atoms in total. The molecule has 0 saturated carbocycles. The second-order valence-corrected chi connectivity index (χ2v) is 5.72. The van der Waals surface area contributed by atoms with Gasteiger partial charge in [-0.25, -0.2) is 4.39 Å². The molecule has 1 amide bonds. The molecule has 0 aliphatic carbocycles. The molecule has 0 fully saturated rings. The number of benzene rings is 1. The molecule has 5 heteroatoms. The lowest BCUT2D eigenvalue weighted by atomic mass is 9.83. The minimum atomic E-state index is -0.339. The van der Waals surface area contributed by atoms with Crippen LogP contribution in [0.4, 0.5) is 4.39 Å². The van der Waals surface area contributed by atoms with Crippen molar-refractivity contribution in [1.29, 1.82) is 0 Å². The minimum Gasteiger partial charge on any atom is -0.459 e. The normalized spacial score (nSPS) is 11.5. The minimum absolute atomic E-state index is 0.0171. The fourth-order valence-electron chi connectivity index (χ4n) is 2.47. The predicted octanol–water partition coefficient (Wildman–Crippen LogP) is 3.61. The van der Waals surface area contributed by atoms with Gasteiger partial charge in [0.2, 0.25) is 0 Å². The van der Waals surface area contributed by atoms with Crippen molar-refractivity contribution in [2.45, 2.75) is 26.7 Å². The SMILES string of the molecule is CCC(CC)(CO)CNC(=O)c1occc1-c1ccc(F)cc1. The van der Waals surface area contributed by atoms with Gasteiger partial charge in [-0.15, -0.1) is 0 Å². The standard InChI is InChI=1S/C18H22FNO3/c1-3-18(4-2,12-21)11-20-17(22)16-15(9-10-23-16)13-5-7-14(19)8-6-13/h5-10,21H,3-4,11-12H2,1-2H3,(H,20,22). The molecule has 1 aromatic carbocycles. The molecular formula is C18H22FNO3. The summed E-state index contributed by atoms with van der Waals surface area (Å²) in [4.78, 5) is 12.4. The van der Waals surface area contributed by atoms with Crippen LogP contribution in [0.25, 0.3) is 11.1 Å². The Kier molecular flexibility index (Phi) is 5.55. The van der Waals surface area contributed by atoms with Crippen LogP contribution in [0.5, 0.6) is 0 Å². The molecule has 0 unspecified atom stereocenters. The Balaban J connectivity index is 2.15. The molecule has 124 valence electrons. The van der Waals surface area contributed by atoms with Crippen molar-refractivity contribution in [2.75, 3.05) is 13.2 Å². The summed E-state index contributed by atoms with van der Waals surface area (Å²) in [5.74, 6) is -0.480. The van der Waals surface area contributed by atoms with E-state index < -0.39 is 0 Å². The lowest BCUT2D eigenvalue weighted by molar-refractivity contribution is 0.0828. The second kappa shape index (κ2) is 7.42. The summed E-state index contributed by atoms with van der Waals surface area (Å²) in [6.07, 6.45) is 2.97. The molecule has 0 spiro atoms. The number of amides is 1. The zero-order valence-electron chi connectivity index (χ0n) is 13.4. The highest BCUT2D eigenvalue weighted by Gasteiger charge is 2.27. The summed E-state index contributed by atoms with van der Waals surface area (Å²) in [7, 11) is 0. The summed E-state index contributed by atoms with van der Waals surface area (Å²) in [5, 5.41) is 12.4. The van der Waals surface area contributed by atoms with E-state index in [0.29, 0.717) is 17.7 Å². The lowest BCUT2D eigenvalue weighted by Crippen LogP contribution is -2.39. The maximum atomic E-state index is 13.0. The third-order valence-electron chi connectivity index (χ3n) is 4.49. The third kappa shape index (κ3) is 3.79. The number of hydrogen-bond donors (Lipinski definition) is 2. The first kappa shape index (κ1) is 17.2. The van der Waals surface area contributed by atoms with Gasteiger partial charge < -0.3 is 14.8 Å². The number of aliphatic hydroxyl groups excluding tert-OH is 1. The van der Waals surface area contributed by atoms with Gasteiger partial charge in [0.05, 0.1) is 12.9 Å². The molecule has 1 heterocycles. The van der Waals surface area contributed by atoms with Crippen molar-refractivity contribution in [3.63, 3.8) is 0 Å². The molecule has 1 aromatic heterocycles. The molecule has 2 rings (SSSR count). The molecule has 2 aromatic rings. The number of carbonyl (C=O) groups is 1. The first-order chi connectivity index (χ1) is 11.0. The van der Waals surface area contributed by atoms with Crippen LogP contribution >= 0.6 is 0 Å². The van der Waals surface area contributed by atoms with Crippen molar-refractivity contribution >= 4 is 5.91 Å². The van der Waals surface area contributed by atoms with Crippen LogP contribution in [0.1, 0.15) is 37.2 Å². The van der Waals surface area contributed by atoms with Crippen LogP contribution in [-0.4, -0.2) is 24.2 Å². The molecular weight excluding hydrogens is 297 g/mol. The van der Waals surface area contributed by atoms with Gasteiger partial charge in [-0.1, -0.05) is 26.0 Å². The molecule has 0 bridgehead atoms. The van der Waals surface area contributed by atoms with Crippen molar-refractivity contribution < 1.29 is 18.7 Å². The highest BCUT2D eigenvalue weighted by molar-refractivity contribution is 5.98. The van der Waals surface area contributed by atoms with E-state index in [1.807, 2.05) is 13.8 Å². The van der Waals surface area contributed by atoms with Gasteiger partial charge in [0, 0.05) is 17.5 Å². The Bertz CT molecular complexity index is 636. The summed E-state index contributed by atoms with van der Waals surface area (Å²) >= 11 is 0. The molecule has 0 saturated heterocycles. The lowest BCUT2D eigenvalue weighted by Gasteiger charge is -2.29. The highest BCUT2D eigenvalue weighted by Crippen LogP contribution is 2.27. The summed E-state index contributed by atoms with van der Waals surface area (Å²) in [6, 6.07) is 7.57. The van der Waals surface area contributed by atoms with Crippen LogP contribution in [0.2, 0.25) is 0 Å². The first-order valence-corrected chi connectivity index (χ1v) is 7.77. The fourth-order valence-corrected chi connectivity index (χ4v) is 2.47. The van der Waals surface area contributed by atoms with Crippen LogP contribution in [0, 0.1) is 11.2 Å². The van der Waals surface area contributed by atoms with Crippen LogP contribution in [-0.2, 0) is 0 Å². The number of nitrogens with one attached hydrogen (secondary N) is 1. The topological polar surface area (TPSA) is 62.5 Å². The molecule has 23 heavy (non-hydrogen) atoms. The van der Waals surface area contributed by atoms with Gasteiger partial charge in [-0.2, -0.15) is 0 Å². The summed E-state index contributed by atoms with van der Waals surface area (Å²) in [6.45, 7) is 4.37. The van der Waals surface area contributed by atoms with E-state index in [9.17, 15) is 14.3 Å². The van der Waals surface area contributed by atoms with Gasteiger partial charge in [-0.05, 0) is 36.6 Å². The number of furan rings is 1. The Labute approximate surface area is 135 Å². The summed E-state index contributed by atoms with van der Waals surface area (Å²) < 4.78 is 18.3. The van der Waals surface area contributed by atoms with Gasteiger partial charge >= 0.3 is 0 Å². The van der Waals surface area contributed by atoms with Crippen LogP contribution < -0.4 is 5.32 Å². The maximum absolute atomic E-state index is 13.0. The van der Waals surface area contributed by atoms with Gasteiger partial charge in [0.25, 0.3) is 5.91 Å². The Morgan fingerprint density at radius 2 is 1.87 bits per heavy atom. The van der Waals surface area contributed by atoms with E-state index in [4.69, 9.17) is 4.42 Å². The Morgan fingerprint density at radius 3 is 2.43 bits per heavy atom. The third-order valence-corrected chi connectivity index (χ3v) is 4.49. The monoisotopic (exact) mass is 319 g/mol. The number of rotatable bonds is 7. The molecule has 0 radical (unpaired) electrons. The number of halogens is 1. The van der Waals surface area contributed by atoms with Crippen LogP contribution in [0.3, 0.4) is 0 Å². The zero-order chi connectivity index (χ0) is 16.9. The van der Waals surface area contributed by atoms with E-state index in [2.05, 4.69) is 5.32 Å². The molecule has 0 atom stereocenters. The average molecular weight is 319 g/mol. The smallest absolute Gasteiger partial charge is 0.287 e. The van der Waals surface area contributed by atoms with E-state index in [1.165, 1.54) is 18.4 Å². The molecule has 0 aliphatic heterocycles. The Morgan fingerprint density at radius 1 is 1.22 bits per heavy atom. The van der Waals surface area contributed by atoms with Crippen molar-refractivity contribution in [3.05, 3.63) is 48.2 Å². The van der Waals surface area contributed by atoms with Crippen LogP contribution in [0.15, 0.2) is 41.0 Å². The maximum Gasteiger partial charge on any atom is 0.287 e. The van der Waals surface area contributed by atoms with Gasteiger partial charge in [0.15, 0.2) is 5.76 Å². The average Bonchev–Trinajstić information content (AvgIpc) is 3.07. The largest absolute Gasteiger partial charge is 0.459 e. The van der Waals surface area contributed by atoms with Crippen molar-refractivity contribution in [1.82, 2.24) is 5.32 Å². The number of aliphatic hydroxyl groups is 1. The molecule has 2 N–H and O–H groups in total. The van der Waals surface area contributed by atoms with Gasteiger partial charge in [-0.3, -0.25) is 4.79 Å². The first-order valence-electron chi connectivity index (χ1n) is 7.77. The zero-order valence-corrected chi connectivity index (χ0v) is 13.4. The van der Waals surface area contributed by atoms with Crippen molar-refractivity contribution in [2.24, 2.45) is 5.41 Å². The Hall–Kier alpha value is -2.14. The quantitative estimate of drug-likeness (QED) is 0.819. The van der Waals surface area contributed by atoms with Crippen molar-refractivity contribution in [3.8, 4) is 11.1 Å². The van der Waals surface area contributed by atoms with E-state index >= 15 is 0 Å². The highest BCUT2D eigenvalue weighted by atomic mass is 19.1. The second-order valence-electron chi connectivity index (χ2n) is 5.72. The van der Waals surface area contributed by atoms with Gasteiger partial charge in [0.1, 0.15) is 5.82 Å². The van der Waals surface area contributed by atoms with E-state index in [1.54, 1.807) is 18.2 Å². The fraction of sp³-hybridized carbons (Fsp3) is 0.389. The number of hydrogen-bond acceptors (Lipinski definition) is 3. The van der Waals surface area contributed by atoms with E-state index in [-0.39, 0.29) is 29.5 Å². The molecule has 0 aliphatic rings. The van der Waals surface area contributed by atoms with E-state index in [0.717, 1.165) is 12.8 Å². The predicted molar refractivity (Wildman–Crippen MR) is 86.5 cm³/mol. The summed E-state index contributed by atoms with van der Waals surface area (Å²) in [5.41, 5.74) is 1.01.